The maximum atomic E-state index is 12.0. The van der Waals surface area contributed by atoms with E-state index in [0.29, 0.717) is 6.42 Å². The summed E-state index contributed by atoms with van der Waals surface area (Å²) in [6, 6.07) is 0. The molecule has 1 aliphatic heterocycles. The van der Waals surface area contributed by atoms with Crippen LogP contribution in [0.2, 0.25) is 0 Å². The summed E-state index contributed by atoms with van der Waals surface area (Å²) >= 11 is 0. The van der Waals surface area contributed by atoms with E-state index in [1.54, 1.807) is 6.08 Å². The molecule has 2 nitrogen and oxygen atoms in total. The molecule has 0 aromatic rings. The van der Waals surface area contributed by atoms with E-state index in [2.05, 4.69) is 0 Å². The Bertz CT molecular complexity index is 257. The van der Waals surface area contributed by atoms with Crippen molar-refractivity contribution >= 4 is 0 Å². The topological polar surface area (TPSA) is 23.5 Å². The van der Waals surface area contributed by atoms with Gasteiger partial charge >= 0.3 is 6.18 Å². The molecular weight excluding hydrogens is 195 g/mol. The molecule has 1 rings (SSSR count). The molecule has 0 aromatic heterocycles. The summed E-state index contributed by atoms with van der Waals surface area (Å²) in [6.45, 7) is 0.724. The number of allylic oxidation sites excluding steroid dienone is 2. The molecule has 0 saturated heterocycles. The van der Waals surface area contributed by atoms with Crippen molar-refractivity contribution < 1.29 is 18.3 Å². The van der Waals surface area contributed by atoms with Gasteiger partial charge in [0.15, 0.2) is 0 Å². The lowest BCUT2D eigenvalue weighted by Gasteiger charge is -2.28. The fourth-order valence-corrected chi connectivity index (χ4v) is 1.21. The van der Waals surface area contributed by atoms with Crippen LogP contribution in [-0.4, -0.2) is 29.0 Å². The van der Waals surface area contributed by atoms with Crippen LogP contribution in [0, 0.1) is 0 Å². The van der Waals surface area contributed by atoms with Crippen LogP contribution in [0.1, 0.15) is 13.3 Å². The van der Waals surface area contributed by atoms with Crippen LogP contribution in [0.25, 0.3) is 0 Å². The van der Waals surface area contributed by atoms with Gasteiger partial charge in [0.05, 0.1) is 0 Å². The van der Waals surface area contributed by atoms with E-state index in [-0.39, 0.29) is 0 Å². The van der Waals surface area contributed by atoms with E-state index >= 15 is 0 Å². The summed E-state index contributed by atoms with van der Waals surface area (Å²) in [5.41, 5.74) is 0.777. The highest BCUT2D eigenvalue weighted by atomic mass is 19.4. The van der Waals surface area contributed by atoms with Crippen molar-refractivity contribution in [1.29, 1.82) is 0 Å². The normalized spacial score (nSPS) is 22.5. The molecule has 1 atom stereocenters. The number of hydrogen-bond acceptors (Lipinski definition) is 2. The van der Waals surface area contributed by atoms with Crippen LogP contribution in [0.5, 0.6) is 0 Å². The summed E-state index contributed by atoms with van der Waals surface area (Å²) in [7, 11) is 0. The second-order valence-corrected chi connectivity index (χ2v) is 3.12. The predicted molar refractivity (Wildman–Crippen MR) is 46.3 cm³/mol. The lowest BCUT2D eigenvalue weighted by molar-refractivity contribution is -0.152. The maximum absolute atomic E-state index is 12.0. The summed E-state index contributed by atoms with van der Waals surface area (Å²) in [6.07, 6.45) is -0.480. The molecule has 0 bridgehead atoms. The van der Waals surface area contributed by atoms with Gasteiger partial charge in [0.2, 0.25) is 0 Å². The molecule has 1 heterocycles. The lowest BCUT2D eigenvalue weighted by Crippen LogP contribution is -2.38. The van der Waals surface area contributed by atoms with E-state index in [4.69, 9.17) is 0 Å². The van der Waals surface area contributed by atoms with E-state index in [0.717, 1.165) is 10.5 Å². The number of nitrogens with zero attached hydrogens (tertiary/aromatic N) is 1. The maximum Gasteiger partial charge on any atom is 0.406 e. The number of aliphatic hydroxyl groups is 1. The first-order valence-corrected chi connectivity index (χ1v) is 4.32. The van der Waals surface area contributed by atoms with Crippen LogP contribution in [0.3, 0.4) is 0 Å². The Kier molecular flexibility index (Phi) is 3.21. The quantitative estimate of drug-likeness (QED) is 0.748. The Morgan fingerprint density at radius 2 is 2.14 bits per heavy atom. The second-order valence-electron chi connectivity index (χ2n) is 3.12. The van der Waals surface area contributed by atoms with Crippen molar-refractivity contribution in [3.63, 3.8) is 0 Å². The summed E-state index contributed by atoms with van der Waals surface area (Å²) < 4.78 is 36.1. The minimum absolute atomic E-state index is 0.650. The zero-order valence-corrected chi connectivity index (χ0v) is 7.75. The Morgan fingerprint density at radius 1 is 1.50 bits per heavy atom. The van der Waals surface area contributed by atoms with Crippen LogP contribution in [0.15, 0.2) is 23.9 Å². The highest BCUT2D eigenvalue weighted by molar-refractivity contribution is 5.22. The highest BCUT2D eigenvalue weighted by Gasteiger charge is 2.32. The van der Waals surface area contributed by atoms with Crippen molar-refractivity contribution in [3.8, 4) is 0 Å². The third-order valence-electron chi connectivity index (χ3n) is 1.92. The monoisotopic (exact) mass is 207 g/mol. The van der Waals surface area contributed by atoms with Crippen LogP contribution in [-0.2, 0) is 0 Å². The molecule has 0 spiro atoms. The van der Waals surface area contributed by atoms with Crippen molar-refractivity contribution in [1.82, 2.24) is 4.90 Å². The van der Waals surface area contributed by atoms with Gasteiger partial charge in [0.1, 0.15) is 12.8 Å². The zero-order valence-electron chi connectivity index (χ0n) is 7.75. The third-order valence-corrected chi connectivity index (χ3v) is 1.92. The molecular formula is C9H12F3NO. The Morgan fingerprint density at radius 3 is 2.64 bits per heavy atom. The van der Waals surface area contributed by atoms with E-state index in [1.807, 2.05) is 6.92 Å². The molecule has 1 aliphatic rings. The van der Waals surface area contributed by atoms with Crippen molar-refractivity contribution in [3.05, 3.63) is 23.9 Å². The molecule has 0 aliphatic carbocycles. The molecule has 0 radical (unpaired) electrons. The molecule has 0 amide bonds. The molecule has 0 aromatic carbocycles. The van der Waals surface area contributed by atoms with Gasteiger partial charge in [-0.15, -0.1) is 0 Å². The Balaban J connectivity index is 2.68. The summed E-state index contributed by atoms with van der Waals surface area (Å²) in [5, 5.41) is 9.24. The molecule has 0 fully saturated rings. The van der Waals surface area contributed by atoms with Gasteiger partial charge in [-0.1, -0.05) is 13.0 Å². The minimum atomic E-state index is -4.29. The first-order chi connectivity index (χ1) is 6.42. The average Bonchev–Trinajstić information content (AvgIpc) is 2.06. The van der Waals surface area contributed by atoms with Gasteiger partial charge in [-0.2, -0.15) is 13.2 Å². The summed E-state index contributed by atoms with van der Waals surface area (Å²) in [4.78, 5) is 0.874. The van der Waals surface area contributed by atoms with Crippen LogP contribution >= 0.6 is 0 Å². The Hall–Kier alpha value is -0.970. The van der Waals surface area contributed by atoms with Gasteiger partial charge in [0.25, 0.3) is 0 Å². The standard InChI is InChI=1S/C9H12F3NO/c1-2-7-3-4-8(14)13(5-7)6-9(10,11)12/h3-5,8,14H,2,6H2,1H3. The SMILES string of the molecule is CCC1=CN(CC(F)(F)F)C(O)C=C1. The van der Waals surface area contributed by atoms with Crippen molar-refractivity contribution in [2.75, 3.05) is 6.54 Å². The number of halogens is 3. The summed E-state index contributed by atoms with van der Waals surface area (Å²) in [5.74, 6) is 0. The highest BCUT2D eigenvalue weighted by Crippen LogP contribution is 2.21. The van der Waals surface area contributed by atoms with E-state index in [9.17, 15) is 18.3 Å². The number of hydrogen-bond donors (Lipinski definition) is 1. The number of aliphatic hydroxyl groups excluding tert-OH is 1. The largest absolute Gasteiger partial charge is 0.406 e. The van der Waals surface area contributed by atoms with Crippen LogP contribution < -0.4 is 0 Å². The van der Waals surface area contributed by atoms with Crippen molar-refractivity contribution in [2.24, 2.45) is 0 Å². The van der Waals surface area contributed by atoms with E-state index in [1.165, 1.54) is 12.3 Å². The number of alkyl halides is 3. The molecule has 0 saturated carbocycles. The van der Waals surface area contributed by atoms with Gasteiger partial charge in [0, 0.05) is 6.20 Å². The van der Waals surface area contributed by atoms with Crippen molar-refractivity contribution in [2.45, 2.75) is 25.7 Å². The Labute approximate surface area is 80.3 Å². The first kappa shape index (κ1) is 11.1. The molecule has 14 heavy (non-hydrogen) atoms. The van der Waals surface area contributed by atoms with Gasteiger partial charge in [-0.25, -0.2) is 0 Å². The van der Waals surface area contributed by atoms with Gasteiger partial charge < -0.3 is 10.0 Å². The second kappa shape index (κ2) is 4.04. The lowest BCUT2D eigenvalue weighted by atomic mass is 10.1. The van der Waals surface area contributed by atoms with Gasteiger partial charge in [-0.3, -0.25) is 0 Å². The first-order valence-electron chi connectivity index (χ1n) is 4.32. The molecule has 1 unspecified atom stereocenters. The predicted octanol–water partition coefficient (Wildman–Crippen LogP) is 2.03. The molecule has 5 heteroatoms. The smallest absolute Gasteiger partial charge is 0.370 e. The zero-order chi connectivity index (χ0) is 10.8. The average molecular weight is 207 g/mol. The number of rotatable bonds is 2. The van der Waals surface area contributed by atoms with Gasteiger partial charge in [-0.05, 0) is 18.1 Å². The molecule has 1 N–H and O–H groups in total. The fraction of sp³-hybridized carbons (Fsp3) is 0.556. The third kappa shape index (κ3) is 3.06. The van der Waals surface area contributed by atoms with E-state index < -0.39 is 18.9 Å². The fourth-order valence-electron chi connectivity index (χ4n) is 1.21. The van der Waals surface area contributed by atoms with Crippen LogP contribution in [0.4, 0.5) is 13.2 Å². The minimum Gasteiger partial charge on any atom is -0.370 e. The molecule has 80 valence electrons.